The smallest absolute Gasteiger partial charge is 0.261 e. The molecule has 162 valence electrons. The van der Waals surface area contributed by atoms with Crippen molar-refractivity contribution < 1.29 is 4.79 Å². The third-order valence-corrected chi connectivity index (χ3v) is 6.85. The molecule has 0 aliphatic heterocycles. The summed E-state index contributed by atoms with van der Waals surface area (Å²) in [5.74, 6) is -0.152. The summed E-state index contributed by atoms with van der Waals surface area (Å²) < 4.78 is 3.91. The molecule has 2 aromatic carbocycles. The van der Waals surface area contributed by atoms with Crippen LogP contribution in [0.15, 0.2) is 53.5 Å². The van der Waals surface area contributed by atoms with E-state index in [1.807, 2.05) is 16.8 Å². The first-order valence-electron chi connectivity index (χ1n) is 9.53. The summed E-state index contributed by atoms with van der Waals surface area (Å²) in [6, 6.07) is 9.51. The molecule has 0 radical (unpaired) electrons. The van der Waals surface area contributed by atoms with Gasteiger partial charge in [-0.1, -0.05) is 44.9 Å². The predicted octanol–water partition coefficient (Wildman–Crippen LogP) is 6.68. The Balaban J connectivity index is 0.00000272. The molecule has 2 heterocycles. The van der Waals surface area contributed by atoms with Crippen LogP contribution in [-0.2, 0) is 6.54 Å². The average molecular weight is 540 g/mol. The number of hydrogen-bond donors (Lipinski definition) is 0. The molecule has 0 fully saturated rings. The summed E-state index contributed by atoms with van der Waals surface area (Å²) in [7, 11) is 0. The Kier molecular flexibility index (Phi) is 7.75. The lowest BCUT2D eigenvalue weighted by Crippen LogP contribution is -2.32. The molecule has 5 nitrogen and oxygen atoms in total. The molecule has 2 aromatic heterocycles. The average Bonchev–Trinajstić information content (AvgIpc) is 3.36. The Hall–Kier alpha value is -1.93. The van der Waals surface area contributed by atoms with E-state index in [0.717, 1.165) is 33.2 Å². The van der Waals surface area contributed by atoms with Gasteiger partial charge in [0.2, 0.25) is 0 Å². The highest BCUT2D eigenvalue weighted by Gasteiger charge is 2.23. The summed E-state index contributed by atoms with van der Waals surface area (Å²) in [5.41, 5.74) is 3.70. The van der Waals surface area contributed by atoms with E-state index >= 15 is 0 Å². The number of fused-ring (bicyclic) bond motifs is 1. The highest BCUT2D eigenvalue weighted by molar-refractivity contribution is 9.10. The van der Waals surface area contributed by atoms with Crippen molar-refractivity contribution in [1.82, 2.24) is 14.5 Å². The molecule has 0 aliphatic rings. The van der Waals surface area contributed by atoms with E-state index in [-0.39, 0.29) is 18.3 Å². The summed E-state index contributed by atoms with van der Waals surface area (Å²) in [5, 5.41) is 1.11. The van der Waals surface area contributed by atoms with Crippen LogP contribution in [0.1, 0.15) is 27.9 Å². The summed E-state index contributed by atoms with van der Waals surface area (Å²) in [6.07, 6.45) is 6.22. The zero-order chi connectivity index (χ0) is 21.3. The Bertz CT molecular complexity index is 1210. The molecule has 0 saturated carbocycles. The van der Waals surface area contributed by atoms with Crippen molar-refractivity contribution in [2.45, 2.75) is 26.8 Å². The van der Waals surface area contributed by atoms with E-state index < -0.39 is 0 Å². The summed E-state index contributed by atoms with van der Waals surface area (Å²) in [6.45, 7) is 5.42. The summed E-state index contributed by atoms with van der Waals surface area (Å²) >= 11 is 11.3. The number of anilines is 1. The molecular formula is C22H21BrCl2N4OS. The molecule has 1 amide bonds. The van der Waals surface area contributed by atoms with Crippen LogP contribution in [0.25, 0.3) is 10.2 Å². The van der Waals surface area contributed by atoms with Crippen LogP contribution in [0.5, 0.6) is 0 Å². The fraction of sp³-hybridized carbons (Fsp3) is 0.227. The number of rotatable bonds is 6. The zero-order valence-corrected chi connectivity index (χ0v) is 21.0. The molecule has 0 unspecified atom stereocenters. The standard InChI is InChI=1S/C22H20BrClN4OS.ClH/c1-14-10-15(2)20-19(11-14)26-22(30-20)28(8-3-7-27-9-6-25-13-27)21(29)17-12-16(23)4-5-18(17)24;/h4-6,9-13H,3,7-8H2,1-2H3;1H. The third-order valence-electron chi connectivity index (χ3n) is 4.80. The van der Waals surface area contributed by atoms with Crippen molar-refractivity contribution in [2.75, 3.05) is 11.4 Å². The van der Waals surface area contributed by atoms with Crippen molar-refractivity contribution in [1.29, 1.82) is 0 Å². The first-order valence-corrected chi connectivity index (χ1v) is 11.5. The van der Waals surface area contributed by atoms with Crippen LogP contribution in [0.2, 0.25) is 5.02 Å². The monoisotopic (exact) mass is 538 g/mol. The van der Waals surface area contributed by atoms with Gasteiger partial charge < -0.3 is 4.57 Å². The van der Waals surface area contributed by atoms with Gasteiger partial charge in [-0.3, -0.25) is 9.69 Å². The maximum Gasteiger partial charge on any atom is 0.261 e. The van der Waals surface area contributed by atoms with E-state index in [2.05, 4.69) is 46.9 Å². The Morgan fingerprint density at radius 1 is 1.26 bits per heavy atom. The van der Waals surface area contributed by atoms with Crippen LogP contribution in [0.3, 0.4) is 0 Å². The van der Waals surface area contributed by atoms with Crippen LogP contribution in [0, 0.1) is 13.8 Å². The number of carbonyl (C=O) groups is 1. The first-order chi connectivity index (χ1) is 14.4. The first kappa shape index (κ1) is 23.7. The van der Waals surface area contributed by atoms with Gasteiger partial charge in [-0.15, -0.1) is 12.4 Å². The lowest BCUT2D eigenvalue weighted by atomic mass is 10.1. The largest absolute Gasteiger partial charge is 0.337 e. The maximum absolute atomic E-state index is 13.5. The second-order valence-corrected chi connectivity index (χ2v) is 9.46. The van der Waals surface area contributed by atoms with E-state index in [9.17, 15) is 4.79 Å². The van der Waals surface area contributed by atoms with Gasteiger partial charge in [-0.05, 0) is 55.7 Å². The van der Waals surface area contributed by atoms with Gasteiger partial charge in [0, 0.05) is 30.0 Å². The summed E-state index contributed by atoms with van der Waals surface area (Å²) in [4.78, 5) is 24.1. The number of amides is 1. The predicted molar refractivity (Wildman–Crippen MR) is 134 cm³/mol. The molecule has 0 bridgehead atoms. The minimum Gasteiger partial charge on any atom is -0.337 e. The number of hydrogen-bond acceptors (Lipinski definition) is 4. The van der Waals surface area contributed by atoms with Crippen molar-refractivity contribution in [3.05, 3.63) is 75.2 Å². The van der Waals surface area contributed by atoms with Crippen molar-refractivity contribution in [2.24, 2.45) is 0 Å². The molecule has 4 aromatic rings. The number of thiazole rings is 1. The number of halogens is 3. The number of imidazole rings is 1. The van der Waals surface area contributed by atoms with E-state index in [4.69, 9.17) is 16.6 Å². The number of aromatic nitrogens is 3. The number of nitrogens with zero attached hydrogens (tertiary/aromatic N) is 4. The Labute approximate surface area is 204 Å². The Morgan fingerprint density at radius 3 is 2.81 bits per heavy atom. The number of benzene rings is 2. The van der Waals surface area contributed by atoms with E-state index in [1.54, 1.807) is 40.9 Å². The second kappa shape index (κ2) is 10.1. The van der Waals surface area contributed by atoms with E-state index in [0.29, 0.717) is 22.3 Å². The molecule has 0 saturated heterocycles. The normalized spacial score (nSPS) is 10.8. The van der Waals surface area contributed by atoms with Gasteiger partial charge in [0.05, 0.1) is 27.1 Å². The van der Waals surface area contributed by atoms with Gasteiger partial charge in [0.15, 0.2) is 5.13 Å². The molecule has 31 heavy (non-hydrogen) atoms. The number of carbonyl (C=O) groups excluding carboxylic acids is 1. The van der Waals surface area contributed by atoms with Crippen LogP contribution >= 0.6 is 51.3 Å². The van der Waals surface area contributed by atoms with Gasteiger partial charge in [0.1, 0.15) is 0 Å². The maximum atomic E-state index is 13.5. The molecule has 4 rings (SSSR count). The molecule has 0 N–H and O–H groups in total. The molecule has 0 spiro atoms. The minimum atomic E-state index is -0.152. The third kappa shape index (κ3) is 5.29. The minimum absolute atomic E-state index is 0. The highest BCUT2D eigenvalue weighted by Crippen LogP contribution is 2.34. The lowest BCUT2D eigenvalue weighted by Gasteiger charge is -2.21. The lowest BCUT2D eigenvalue weighted by molar-refractivity contribution is 0.0986. The van der Waals surface area contributed by atoms with Gasteiger partial charge in [0.25, 0.3) is 5.91 Å². The van der Waals surface area contributed by atoms with Gasteiger partial charge in [-0.25, -0.2) is 9.97 Å². The quantitative estimate of drug-likeness (QED) is 0.274. The SMILES string of the molecule is Cc1cc(C)c2sc(N(CCCn3ccnc3)C(=O)c3cc(Br)ccc3Cl)nc2c1.Cl. The Morgan fingerprint density at radius 2 is 2.06 bits per heavy atom. The zero-order valence-electron chi connectivity index (χ0n) is 17.0. The fourth-order valence-corrected chi connectivity index (χ4v) is 5.00. The van der Waals surface area contributed by atoms with Crippen LogP contribution in [0.4, 0.5) is 5.13 Å². The van der Waals surface area contributed by atoms with Crippen molar-refractivity contribution >= 4 is 72.5 Å². The van der Waals surface area contributed by atoms with Crippen molar-refractivity contribution in [3.63, 3.8) is 0 Å². The van der Waals surface area contributed by atoms with Crippen molar-refractivity contribution in [3.8, 4) is 0 Å². The molecule has 9 heteroatoms. The highest BCUT2D eigenvalue weighted by atomic mass is 79.9. The van der Waals surface area contributed by atoms with Crippen LogP contribution < -0.4 is 4.90 Å². The van der Waals surface area contributed by atoms with Gasteiger partial charge in [-0.2, -0.15) is 0 Å². The topological polar surface area (TPSA) is 51.0 Å². The van der Waals surface area contributed by atoms with E-state index in [1.165, 1.54) is 5.56 Å². The van der Waals surface area contributed by atoms with Gasteiger partial charge >= 0.3 is 0 Å². The molecule has 0 atom stereocenters. The van der Waals surface area contributed by atoms with Crippen LogP contribution in [-0.4, -0.2) is 27.0 Å². The molecular weight excluding hydrogens is 519 g/mol. The number of aryl methyl sites for hydroxylation is 3. The second-order valence-electron chi connectivity index (χ2n) is 7.16. The fourth-order valence-electron chi connectivity index (χ4n) is 3.40. The molecule has 0 aliphatic carbocycles.